The van der Waals surface area contributed by atoms with E-state index in [9.17, 15) is 5.11 Å². The number of nitrogens with zero attached hydrogens (tertiary/aromatic N) is 5. The van der Waals surface area contributed by atoms with Crippen LogP contribution in [0.25, 0.3) is 4.96 Å². The summed E-state index contributed by atoms with van der Waals surface area (Å²) in [5.74, 6) is 1.79. The van der Waals surface area contributed by atoms with Crippen LogP contribution in [0.1, 0.15) is 16.7 Å². The molecule has 5 rings (SSSR count). The molecule has 9 heteroatoms. The summed E-state index contributed by atoms with van der Waals surface area (Å²) in [5.41, 5.74) is 1.18. The number of hydrogen-bond donors (Lipinski definition) is 1. The lowest BCUT2D eigenvalue weighted by Crippen LogP contribution is -2.47. The Morgan fingerprint density at radius 3 is 2.59 bits per heavy atom. The first-order valence-corrected chi connectivity index (χ1v) is 10.2. The first-order chi connectivity index (χ1) is 14.2. The first kappa shape index (κ1) is 18.0. The third kappa shape index (κ3) is 3.22. The number of aromatic hydroxyl groups is 1. The van der Waals surface area contributed by atoms with Gasteiger partial charge in [-0.05, 0) is 36.4 Å². The fraction of sp³-hybridized carbons (Fsp3) is 0.300. The van der Waals surface area contributed by atoms with Crippen molar-refractivity contribution < 1.29 is 14.3 Å². The zero-order chi connectivity index (χ0) is 19.8. The van der Waals surface area contributed by atoms with Gasteiger partial charge in [0.1, 0.15) is 23.9 Å². The maximum Gasteiger partial charge on any atom is 0.230 e. The van der Waals surface area contributed by atoms with E-state index in [4.69, 9.17) is 9.15 Å². The third-order valence-electron chi connectivity index (χ3n) is 5.32. The molecule has 0 spiro atoms. The molecule has 4 heterocycles. The lowest BCUT2D eigenvalue weighted by molar-refractivity contribution is 0.191. The Balaban J connectivity index is 1.39. The Kier molecular flexibility index (Phi) is 4.61. The SMILES string of the molecule is COc1ccc(N2CCN([C@H](c3ccco3)c3sc4ncnn4c3O)CC2)cc1. The van der Waals surface area contributed by atoms with Crippen molar-refractivity contribution in [1.82, 2.24) is 19.5 Å². The number of ether oxygens (including phenoxy) is 1. The van der Waals surface area contributed by atoms with Crippen LogP contribution in [0.3, 0.4) is 0 Å². The summed E-state index contributed by atoms with van der Waals surface area (Å²) in [6.07, 6.45) is 3.12. The molecule has 4 aromatic rings. The fourth-order valence-electron chi connectivity index (χ4n) is 3.83. The first-order valence-electron chi connectivity index (χ1n) is 9.42. The Morgan fingerprint density at radius 2 is 1.93 bits per heavy atom. The number of thiazole rings is 1. The molecule has 0 saturated carbocycles. The molecule has 0 bridgehead atoms. The minimum absolute atomic E-state index is 0.126. The predicted molar refractivity (Wildman–Crippen MR) is 110 cm³/mol. The molecule has 150 valence electrons. The van der Waals surface area contributed by atoms with Crippen LogP contribution in [0, 0.1) is 0 Å². The van der Waals surface area contributed by atoms with E-state index in [0.717, 1.165) is 42.6 Å². The van der Waals surface area contributed by atoms with Crippen LogP contribution in [0.5, 0.6) is 11.6 Å². The van der Waals surface area contributed by atoms with Gasteiger partial charge in [-0.25, -0.2) is 4.98 Å². The van der Waals surface area contributed by atoms with Crippen molar-refractivity contribution in [3.63, 3.8) is 0 Å². The van der Waals surface area contributed by atoms with E-state index in [2.05, 4.69) is 32.0 Å². The minimum atomic E-state index is -0.170. The van der Waals surface area contributed by atoms with Crippen LogP contribution in [0.2, 0.25) is 0 Å². The van der Waals surface area contributed by atoms with Crippen LogP contribution >= 0.6 is 11.3 Å². The normalized spacial score (nSPS) is 16.4. The van der Waals surface area contributed by atoms with Crippen LogP contribution in [-0.2, 0) is 0 Å². The summed E-state index contributed by atoms with van der Waals surface area (Å²) in [6, 6.07) is 11.8. The van der Waals surface area contributed by atoms with Crippen LogP contribution in [-0.4, -0.2) is 57.9 Å². The third-order valence-corrected chi connectivity index (χ3v) is 6.40. The number of piperazine rings is 1. The predicted octanol–water partition coefficient (Wildman–Crippen LogP) is 3.01. The van der Waals surface area contributed by atoms with Crippen LogP contribution in [0.4, 0.5) is 5.69 Å². The zero-order valence-electron chi connectivity index (χ0n) is 15.9. The highest BCUT2D eigenvalue weighted by molar-refractivity contribution is 7.17. The Labute approximate surface area is 171 Å². The highest BCUT2D eigenvalue weighted by Gasteiger charge is 2.33. The van der Waals surface area contributed by atoms with Gasteiger partial charge in [0, 0.05) is 31.9 Å². The van der Waals surface area contributed by atoms with E-state index in [1.807, 2.05) is 24.3 Å². The van der Waals surface area contributed by atoms with Crippen LogP contribution < -0.4 is 9.64 Å². The van der Waals surface area contributed by atoms with Gasteiger partial charge >= 0.3 is 0 Å². The summed E-state index contributed by atoms with van der Waals surface area (Å²) < 4.78 is 12.5. The van der Waals surface area contributed by atoms with Crippen molar-refractivity contribution in [2.24, 2.45) is 0 Å². The Hall–Kier alpha value is -3.04. The number of rotatable bonds is 5. The maximum absolute atomic E-state index is 10.7. The molecule has 1 aliphatic heterocycles. The molecule has 1 aromatic carbocycles. The maximum atomic E-state index is 10.7. The monoisotopic (exact) mass is 411 g/mol. The Bertz CT molecular complexity index is 1080. The summed E-state index contributed by atoms with van der Waals surface area (Å²) in [7, 11) is 1.68. The van der Waals surface area contributed by atoms with Gasteiger partial charge in [0.25, 0.3) is 0 Å². The highest BCUT2D eigenvalue weighted by atomic mass is 32.1. The summed E-state index contributed by atoms with van der Waals surface area (Å²) >= 11 is 1.44. The number of methoxy groups -OCH3 is 1. The summed E-state index contributed by atoms with van der Waals surface area (Å²) in [5, 5.41) is 14.8. The minimum Gasteiger partial charge on any atom is -0.497 e. The van der Waals surface area contributed by atoms with Gasteiger partial charge in [-0.15, -0.1) is 0 Å². The molecule has 29 heavy (non-hydrogen) atoms. The van der Waals surface area contributed by atoms with Crippen molar-refractivity contribution in [1.29, 1.82) is 0 Å². The van der Waals surface area contributed by atoms with E-state index >= 15 is 0 Å². The van der Waals surface area contributed by atoms with Gasteiger partial charge in [0.15, 0.2) is 0 Å². The highest BCUT2D eigenvalue weighted by Crippen LogP contribution is 2.40. The van der Waals surface area contributed by atoms with E-state index in [1.54, 1.807) is 13.4 Å². The van der Waals surface area contributed by atoms with Gasteiger partial charge in [0.2, 0.25) is 10.8 Å². The Morgan fingerprint density at radius 1 is 1.14 bits per heavy atom. The molecule has 1 fully saturated rings. The second-order valence-electron chi connectivity index (χ2n) is 6.88. The zero-order valence-corrected chi connectivity index (χ0v) is 16.7. The molecule has 3 aromatic heterocycles. The van der Waals surface area contributed by atoms with Crippen LogP contribution in [0.15, 0.2) is 53.4 Å². The van der Waals surface area contributed by atoms with Crippen molar-refractivity contribution in [3.8, 4) is 11.6 Å². The second kappa shape index (κ2) is 7.41. The van der Waals surface area contributed by atoms with Crippen molar-refractivity contribution in [2.75, 3.05) is 38.2 Å². The van der Waals surface area contributed by atoms with Crippen molar-refractivity contribution in [2.45, 2.75) is 6.04 Å². The van der Waals surface area contributed by atoms with Gasteiger partial charge in [0.05, 0.1) is 18.3 Å². The molecule has 0 aliphatic carbocycles. The van der Waals surface area contributed by atoms with Gasteiger partial charge in [-0.2, -0.15) is 9.61 Å². The second-order valence-corrected chi connectivity index (χ2v) is 7.89. The van der Waals surface area contributed by atoms with E-state index in [0.29, 0.717) is 4.96 Å². The lowest BCUT2D eigenvalue weighted by atomic mass is 10.1. The van der Waals surface area contributed by atoms with Gasteiger partial charge in [-0.3, -0.25) is 4.90 Å². The fourth-order valence-corrected chi connectivity index (χ4v) is 4.90. The topological polar surface area (TPSA) is 79.3 Å². The number of anilines is 1. The van der Waals surface area contributed by atoms with Crippen molar-refractivity contribution >= 4 is 22.0 Å². The molecule has 8 nitrogen and oxygen atoms in total. The average molecular weight is 411 g/mol. The lowest BCUT2D eigenvalue weighted by Gasteiger charge is -2.39. The molecular formula is C20H21N5O3S. The molecule has 1 saturated heterocycles. The average Bonchev–Trinajstić information content (AvgIpc) is 3.50. The van der Waals surface area contributed by atoms with E-state index in [-0.39, 0.29) is 11.9 Å². The number of aromatic nitrogens is 3. The van der Waals surface area contributed by atoms with Crippen molar-refractivity contribution in [3.05, 3.63) is 59.6 Å². The smallest absolute Gasteiger partial charge is 0.230 e. The quantitative estimate of drug-likeness (QED) is 0.541. The molecule has 1 N–H and O–H groups in total. The number of benzene rings is 1. The summed E-state index contributed by atoms with van der Waals surface area (Å²) in [6.45, 7) is 3.44. The molecule has 0 radical (unpaired) electrons. The van der Waals surface area contributed by atoms with E-state index < -0.39 is 0 Å². The molecule has 0 unspecified atom stereocenters. The van der Waals surface area contributed by atoms with Gasteiger partial charge < -0.3 is 19.2 Å². The van der Waals surface area contributed by atoms with Gasteiger partial charge in [-0.1, -0.05) is 11.3 Å². The standard InChI is InChI=1S/C20H21N5O3S/c1-27-15-6-4-14(5-7-15)23-8-10-24(11-9-23)17(16-3-2-12-28-16)18-19(26)25-20(29-18)21-13-22-25/h2-7,12-13,17,26H,8-11H2,1H3/t17-/m1/s1. The largest absolute Gasteiger partial charge is 0.497 e. The number of hydrogen-bond acceptors (Lipinski definition) is 8. The number of fused-ring (bicyclic) bond motifs is 1. The molecule has 1 atom stereocenters. The van der Waals surface area contributed by atoms with E-state index in [1.165, 1.54) is 27.9 Å². The molecule has 0 amide bonds. The molecule has 1 aliphatic rings. The summed E-state index contributed by atoms with van der Waals surface area (Å²) in [4.78, 5) is 10.4. The molecular weight excluding hydrogens is 390 g/mol. The number of furan rings is 1.